The van der Waals surface area contributed by atoms with Crippen LogP contribution in [-0.2, 0) is 17.8 Å². The molecule has 3 rings (SSSR count). The van der Waals surface area contributed by atoms with Gasteiger partial charge in [0.1, 0.15) is 5.82 Å². The summed E-state index contributed by atoms with van der Waals surface area (Å²) in [6.45, 7) is 2.12. The Balaban J connectivity index is 1.66. The third-order valence-corrected chi connectivity index (χ3v) is 4.44. The van der Waals surface area contributed by atoms with Gasteiger partial charge in [-0.1, -0.05) is 23.7 Å². The average molecular weight is 412 g/mol. The fourth-order valence-electron chi connectivity index (χ4n) is 2.77. The largest absolute Gasteiger partial charge is 0.346 e. The van der Waals surface area contributed by atoms with E-state index < -0.39 is 5.82 Å². The topological polar surface area (TPSA) is 71.1 Å². The van der Waals surface area contributed by atoms with Crippen molar-refractivity contribution in [1.82, 2.24) is 10.3 Å². The van der Waals surface area contributed by atoms with Crippen LogP contribution in [0, 0.1) is 12.7 Å². The average Bonchev–Trinajstić information content (AvgIpc) is 2.67. The van der Waals surface area contributed by atoms with Gasteiger partial charge in [0, 0.05) is 22.5 Å². The lowest BCUT2D eigenvalue weighted by atomic mass is 10.1. The molecule has 0 atom stereocenters. The summed E-state index contributed by atoms with van der Waals surface area (Å²) in [5.74, 6) is -1.10. The lowest BCUT2D eigenvalue weighted by Gasteiger charge is -2.11. The fourth-order valence-corrected chi connectivity index (χ4v) is 3.01. The molecule has 2 N–H and O–H groups in total. The molecular weight excluding hydrogens is 393 g/mol. The van der Waals surface area contributed by atoms with Gasteiger partial charge in [-0.15, -0.1) is 0 Å². The van der Waals surface area contributed by atoms with E-state index in [1.54, 1.807) is 36.5 Å². The fraction of sp³-hybridized carbons (Fsp3) is 0.136. The second-order valence-electron chi connectivity index (χ2n) is 6.54. The van der Waals surface area contributed by atoms with Crippen molar-refractivity contribution in [3.05, 3.63) is 94.0 Å². The maximum atomic E-state index is 13.4. The van der Waals surface area contributed by atoms with Crippen LogP contribution < -0.4 is 10.6 Å². The van der Waals surface area contributed by atoms with Gasteiger partial charge < -0.3 is 10.6 Å². The zero-order valence-electron chi connectivity index (χ0n) is 15.7. The maximum absolute atomic E-state index is 13.4. The molecule has 0 saturated carbocycles. The first-order chi connectivity index (χ1) is 13.9. The van der Waals surface area contributed by atoms with E-state index in [0.717, 1.165) is 11.3 Å². The third-order valence-electron chi connectivity index (χ3n) is 4.22. The Kier molecular flexibility index (Phi) is 6.57. The van der Waals surface area contributed by atoms with Crippen LogP contribution in [-0.4, -0.2) is 16.8 Å². The molecule has 1 heterocycles. The van der Waals surface area contributed by atoms with E-state index in [-0.39, 0.29) is 23.3 Å². The van der Waals surface area contributed by atoms with Crippen LogP contribution in [0.1, 0.15) is 27.2 Å². The summed E-state index contributed by atoms with van der Waals surface area (Å²) in [6, 6.07) is 14.5. The molecule has 0 spiro atoms. The van der Waals surface area contributed by atoms with E-state index in [1.807, 2.05) is 19.1 Å². The summed E-state index contributed by atoms with van der Waals surface area (Å²) in [7, 11) is 0. The normalized spacial score (nSPS) is 10.4. The van der Waals surface area contributed by atoms with Crippen LogP contribution in [0.15, 0.2) is 60.8 Å². The van der Waals surface area contributed by atoms with Crippen LogP contribution in [0.2, 0.25) is 5.02 Å². The van der Waals surface area contributed by atoms with Crippen molar-refractivity contribution in [3.63, 3.8) is 0 Å². The minimum atomic E-state index is -0.497. The molecule has 1 aromatic heterocycles. The number of rotatable bonds is 6. The Labute approximate surface area is 172 Å². The molecule has 0 bridgehead atoms. The SMILES string of the molecule is Cc1ccc(C(=O)NCc2ccccn2)cc1NC(=O)Cc1cc(F)cc(Cl)c1. The molecule has 29 heavy (non-hydrogen) atoms. The van der Waals surface area contributed by atoms with Crippen molar-refractivity contribution in [1.29, 1.82) is 0 Å². The highest BCUT2D eigenvalue weighted by atomic mass is 35.5. The molecule has 148 valence electrons. The number of halogens is 2. The minimum Gasteiger partial charge on any atom is -0.346 e. The summed E-state index contributed by atoms with van der Waals surface area (Å²) >= 11 is 5.83. The number of aromatic nitrogens is 1. The molecular formula is C22H19ClFN3O2. The number of amides is 2. The number of pyridine rings is 1. The second kappa shape index (κ2) is 9.30. The van der Waals surface area contributed by atoms with Crippen LogP contribution >= 0.6 is 11.6 Å². The zero-order valence-corrected chi connectivity index (χ0v) is 16.5. The first-order valence-corrected chi connectivity index (χ1v) is 9.32. The molecule has 0 radical (unpaired) electrons. The number of aryl methyl sites for hydroxylation is 1. The van der Waals surface area contributed by atoms with E-state index in [4.69, 9.17) is 11.6 Å². The van der Waals surface area contributed by atoms with Gasteiger partial charge in [0.25, 0.3) is 5.91 Å². The lowest BCUT2D eigenvalue weighted by Crippen LogP contribution is -2.23. The number of hydrogen-bond acceptors (Lipinski definition) is 3. The second-order valence-corrected chi connectivity index (χ2v) is 6.97. The number of benzene rings is 2. The smallest absolute Gasteiger partial charge is 0.251 e. The monoisotopic (exact) mass is 411 g/mol. The number of nitrogens with zero attached hydrogens (tertiary/aromatic N) is 1. The highest BCUT2D eigenvalue weighted by molar-refractivity contribution is 6.30. The van der Waals surface area contributed by atoms with E-state index >= 15 is 0 Å². The van der Waals surface area contributed by atoms with Crippen molar-refractivity contribution >= 4 is 29.1 Å². The first-order valence-electron chi connectivity index (χ1n) is 8.94. The molecule has 0 aliphatic carbocycles. The van der Waals surface area contributed by atoms with E-state index in [2.05, 4.69) is 15.6 Å². The van der Waals surface area contributed by atoms with Gasteiger partial charge >= 0.3 is 0 Å². The summed E-state index contributed by atoms with van der Waals surface area (Å²) in [5, 5.41) is 5.80. The van der Waals surface area contributed by atoms with Gasteiger partial charge in [-0.3, -0.25) is 14.6 Å². The van der Waals surface area contributed by atoms with Crippen LogP contribution in [0.5, 0.6) is 0 Å². The molecule has 0 saturated heterocycles. The van der Waals surface area contributed by atoms with Gasteiger partial charge in [-0.2, -0.15) is 0 Å². The van der Waals surface area contributed by atoms with Crippen LogP contribution in [0.25, 0.3) is 0 Å². The number of hydrogen-bond donors (Lipinski definition) is 2. The number of carbonyl (C=O) groups is 2. The standard InChI is InChI=1S/C22H19ClFN3O2/c1-14-5-6-16(22(29)26-13-19-4-2-3-7-25-19)11-20(14)27-21(28)10-15-8-17(23)12-18(24)9-15/h2-9,11-12H,10,13H2,1H3,(H,26,29)(H,27,28). The first kappa shape index (κ1) is 20.5. The number of nitrogens with one attached hydrogen (secondary N) is 2. The van der Waals surface area contributed by atoms with E-state index in [1.165, 1.54) is 12.1 Å². The Morgan fingerprint density at radius 2 is 1.93 bits per heavy atom. The minimum absolute atomic E-state index is 0.0347. The summed E-state index contributed by atoms with van der Waals surface area (Å²) < 4.78 is 13.4. The van der Waals surface area contributed by atoms with E-state index in [9.17, 15) is 14.0 Å². The van der Waals surface area contributed by atoms with Crippen LogP contribution in [0.3, 0.4) is 0 Å². The predicted molar refractivity (Wildman–Crippen MR) is 110 cm³/mol. The van der Waals surface area contributed by atoms with Crippen molar-refractivity contribution in [2.24, 2.45) is 0 Å². The molecule has 3 aromatic rings. The van der Waals surface area contributed by atoms with Crippen molar-refractivity contribution in [2.75, 3.05) is 5.32 Å². The van der Waals surface area contributed by atoms with Gasteiger partial charge in [0.05, 0.1) is 18.7 Å². The van der Waals surface area contributed by atoms with E-state index in [0.29, 0.717) is 23.4 Å². The Morgan fingerprint density at radius 3 is 2.66 bits per heavy atom. The number of anilines is 1. The van der Waals surface area contributed by atoms with Gasteiger partial charge in [-0.25, -0.2) is 4.39 Å². The van der Waals surface area contributed by atoms with Crippen molar-refractivity contribution in [2.45, 2.75) is 19.9 Å². The Morgan fingerprint density at radius 1 is 1.10 bits per heavy atom. The Hall–Kier alpha value is -3.25. The highest BCUT2D eigenvalue weighted by Gasteiger charge is 2.12. The molecule has 0 aliphatic rings. The third kappa shape index (κ3) is 5.86. The maximum Gasteiger partial charge on any atom is 0.251 e. The molecule has 0 aliphatic heterocycles. The molecule has 7 heteroatoms. The van der Waals surface area contributed by atoms with Crippen molar-refractivity contribution in [3.8, 4) is 0 Å². The predicted octanol–water partition coefficient (Wildman–Crippen LogP) is 4.29. The molecule has 0 unspecified atom stereocenters. The molecule has 2 amide bonds. The lowest BCUT2D eigenvalue weighted by molar-refractivity contribution is -0.115. The molecule has 5 nitrogen and oxygen atoms in total. The quantitative estimate of drug-likeness (QED) is 0.635. The van der Waals surface area contributed by atoms with Gasteiger partial charge in [-0.05, 0) is 60.5 Å². The van der Waals surface area contributed by atoms with Gasteiger partial charge in [0.15, 0.2) is 0 Å². The highest BCUT2D eigenvalue weighted by Crippen LogP contribution is 2.19. The van der Waals surface area contributed by atoms with Crippen molar-refractivity contribution < 1.29 is 14.0 Å². The Bertz CT molecular complexity index is 1020. The summed E-state index contributed by atoms with van der Waals surface area (Å²) in [5.41, 5.74) is 2.94. The summed E-state index contributed by atoms with van der Waals surface area (Å²) in [6.07, 6.45) is 1.62. The molecule has 0 fully saturated rings. The molecule has 2 aromatic carbocycles. The van der Waals surface area contributed by atoms with Crippen LogP contribution in [0.4, 0.5) is 10.1 Å². The number of carbonyl (C=O) groups excluding carboxylic acids is 2. The zero-order chi connectivity index (χ0) is 20.8. The van der Waals surface area contributed by atoms with Gasteiger partial charge in [0.2, 0.25) is 5.91 Å². The summed E-state index contributed by atoms with van der Waals surface area (Å²) in [4.78, 5) is 28.9.